The molecule has 0 saturated carbocycles. The Morgan fingerprint density at radius 3 is 2.62 bits per heavy atom. The molecule has 3 aromatic rings. The topological polar surface area (TPSA) is 52.3 Å². The predicted octanol–water partition coefficient (Wildman–Crippen LogP) is 3.73. The maximum absolute atomic E-state index is 13.9. The number of hydrogen-bond acceptors (Lipinski definition) is 4. The summed E-state index contributed by atoms with van der Waals surface area (Å²) in [5.41, 5.74) is 1.24. The Balaban J connectivity index is 2.32. The Morgan fingerprint density at radius 2 is 1.90 bits per heavy atom. The van der Waals surface area contributed by atoms with Gasteiger partial charge in [-0.2, -0.15) is 0 Å². The van der Waals surface area contributed by atoms with Crippen molar-refractivity contribution < 1.29 is 18.4 Å². The minimum absolute atomic E-state index is 0.259. The molecule has 0 aliphatic carbocycles. The average molecular weight is 285 g/mol. The summed E-state index contributed by atoms with van der Waals surface area (Å²) in [6.07, 6.45) is 0. The van der Waals surface area contributed by atoms with Crippen molar-refractivity contribution in [2.45, 2.75) is 6.92 Å². The molecule has 1 heterocycles. The zero-order valence-corrected chi connectivity index (χ0v) is 11.5. The predicted molar refractivity (Wildman–Crippen MR) is 75.5 cm³/mol. The lowest BCUT2D eigenvalue weighted by molar-refractivity contribution is 0.0599. The number of fused-ring (bicyclic) bond motifs is 1. The zero-order valence-electron chi connectivity index (χ0n) is 11.5. The van der Waals surface area contributed by atoms with E-state index in [9.17, 15) is 9.18 Å². The van der Waals surface area contributed by atoms with Crippen LogP contribution in [0.15, 0.2) is 40.9 Å². The fourth-order valence-electron chi connectivity index (χ4n) is 2.37. The van der Waals surface area contributed by atoms with Gasteiger partial charge in [0.05, 0.1) is 7.11 Å². The van der Waals surface area contributed by atoms with Gasteiger partial charge in [-0.1, -0.05) is 29.4 Å². The van der Waals surface area contributed by atoms with Crippen LogP contribution in [0, 0.1) is 12.7 Å². The van der Waals surface area contributed by atoms with Gasteiger partial charge >= 0.3 is 5.97 Å². The van der Waals surface area contributed by atoms with Crippen LogP contribution in [0.2, 0.25) is 0 Å². The molecule has 0 amide bonds. The van der Waals surface area contributed by atoms with Crippen LogP contribution < -0.4 is 0 Å². The van der Waals surface area contributed by atoms with Crippen LogP contribution in [0.25, 0.3) is 22.0 Å². The molecule has 106 valence electrons. The summed E-state index contributed by atoms with van der Waals surface area (Å²) >= 11 is 0. The van der Waals surface area contributed by atoms with Crippen LogP contribution in [-0.2, 0) is 4.74 Å². The number of halogens is 1. The summed E-state index contributed by atoms with van der Waals surface area (Å²) in [5, 5.41) is 5.06. The second-order valence-electron chi connectivity index (χ2n) is 4.59. The third kappa shape index (κ3) is 2.07. The van der Waals surface area contributed by atoms with E-state index >= 15 is 0 Å². The first-order chi connectivity index (χ1) is 10.1. The van der Waals surface area contributed by atoms with Gasteiger partial charge < -0.3 is 9.26 Å². The second kappa shape index (κ2) is 5.01. The fourth-order valence-corrected chi connectivity index (χ4v) is 2.37. The maximum Gasteiger partial charge on any atom is 0.343 e. The number of carbonyl (C=O) groups is 1. The molecular weight excluding hydrogens is 273 g/mol. The first-order valence-corrected chi connectivity index (χ1v) is 6.35. The number of aromatic nitrogens is 1. The van der Waals surface area contributed by atoms with E-state index in [0.29, 0.717) is 27.8 Å². The first kappa shape index (κ1) is 13.3. The third-order valence-corrected chi connectivity index (χ3v) is 3.38. The van der Waals surface area contributed by atoms with Crippen molar-refractivity contribution in [3.05, 3.63) is 53.5 Å². The molecule has 1 aromatic heterocycles. The van der Waals surface area contributed by atoms with Crippen molar-refractivity contribution in [1.82, 2.24) is 5.16 Å². The van der Waals surface area contributed by atoms with Gasteiger partial charge in [-0.15, -0.1) is 0 Å². The van der Waals surface area contributed by atoms with Crippen LogP contribution in [0.3, 0.4) is 0 Å². The van der Waals surface area contributed by atoms with E-state index in [4.69, 9.17) is 9.26 Å². The zero-order chi connectivity index (χ0) is 15.0. The standard InChI is InChI=1S/C16H12FNO3/c1-9-14(16(19)20-2)15(18-21-9)12-7-8-13(17)11-6-4-3-5-10(11)12/h3-8H,1-2H3. The smallest absolute Gasteiger partial charge is 0.343 e. The number of esters is 1. The molecule has 21 heavy (non-hydrogen) atoms. The lowest BCUT2D eigenvalue weighted by atomic mass is 9.99. The summed E-state index contributed by atoms with van der Waals surface area (Å²) in [7, 11) is 1.29. The molecule has 0 radical (unpaired) electrons. The van der Waals surface area contributed by atoms with Crippen LogP contribution in [-0.4, -0.2) is 18.2 Å². The normalized spacial score (nSPS) is 10.8. The number of nitrogens with zero attached hydrogens (tertiary/aromatic N) is 1. The van der Waals surface area contributed by atoms with Gasteiger partial charge in [0.25, 0.3) is 0 Å². The number of ether oxygens (including phenoxy) is 1. The van der Waals surface area contributed by atoms with E-state index in [2.05, 4.69) is 5.16 Å². The average Bonchev–Trinajstić information content (AvgIpc) is 2.89. The molecule has 5 heteroatoms. The summed E-state index contributed by atoms with van der Waals surface area (Å²) in [5.74, 6) is -0.489. The van der Waals surface area contributed by atoms with Gasteiger partial charge in [0.15, 0.2) is 0 Å². The van der Waals surface area contributed by atoms with Crippen LogP contribution in [0.4, 0.5) is 4.39 Å². The van der Waals surface area contributed by atoms with Gasteiger partial charge in [0.1, 0.15) is 22.8 Å². The summed E-state index contributed by atoms with van der Waals surface area (Å²) in [4.78, 5) is 11.9. The van der Waals surface area contributed by atoms with Crippen LogP contribution >= 0.6 is 0 Å². The molecule has 0 unspecified atom stereocenters. The van der Waals surface area contributed by atoms with Crippen molar-refractivity contribution in [1.29, 1.82) is 0 Å². The molecular formula is C16H12FNO3. The Labute approximate surface area is 120 Å². The van der Waals surface area contributed by atoms with E-state index in [1.54, 1.807) is 37.3 Å². The highest BCUT2D eigenvalue weighted by Crippen LogP contribution is 2.33. The second-order valence-corrected chi connectivity index (χ2v) is 4.59. The molecule has 0 saturated heterocycles. The number of rotatable bonds is 2. The Bertz CT molecular complexity index is 839. The minimum Gasteiger partial charge on any atom is -0.465 e. The van der Waals surface area contributed by atoms with Gasteiger partial charge in [0, 0.05) is 10.9 Å². The molecule has 0 spiro atoms. The van der Waals surface area contributed by atoms with E-state index in [1.165, 1.54) is 13.2 Å². The minimum atomic E-state index is -0.530. The number of hydrogen-bond donors (Lipinski definition) is 0. The van der Waals surface area contributed by atoms with Crippen LogP contribution in [0.1, 0.15) is 16.1 Å². The molecule has 0 atom stereocenters. The SMILES string of the molecule is COC(=O)c1c(-c2ccc(F)c3ccccc23)noc1C. The van der Waals surface area contributed by atoms with Crippen molar-refractivity contribution in [2.75, 3.05) is 7.11 Å². The van der Waals surface area contributed by atoms with Gasteiger partial charge in [0.2, 0.25) is 0 Å². The number of methoxy groups -OCH3 is 1. The van der Waals surface area contributed by atoms with Crippen molar-refractivity contribution in [2.24, 2.45) is 0 Å². The highest BCUT2D eigenvalue weighted by atomic mass is 19.1. The fraction of sp³-hybridized carbons (Fsp3) is 0.125. The Hall–Kier alpha value is -2.69. The Morgan fingerprint density at radius 1 is 1.19 bits per heavy atom. The summed E-state index contributed by atoms with van der Waals surface area (Å²) < 4.78 is 23.7. The molecule has 0 aliphatic rings. The molecule has 0 aliphatic heterocycles. The van der Waals surface area contributed by atoms with E-state index in [0.717, 1.165) is 0 Å². The third-order valence-electron chi connectivity index (χ3n) is 3.38. The Kier molecular flexibility index (Phi) is 3.17. The number of carbonyl (C=O) groups excluding carboxylic acids is 1. The van der Waals surface area contributed by atoms with Gasteiger partial charge in [-0.05, 0) is 24.4 Å². The van der Waals surface area contributed by atoms with E-state index < -0.39 is 5.97 Å². The monoisotopic (exact) mass is 285 g/mol. The van der Waals surface area contributed by atoms with Crippen molar-refractivity contribution in [3.8, 4) is 11.3 Å². The first-order valence-electron chi connectivity index (χ1n) is 6.35. The molecule has 4 nitrogen and oxygen atoms in total. The van der Waals surface area contributed by atoms with E-state index in [-0.39, 0.29) is 11.4 Å². The van der Waals surface area contributed by atoms with Crippen molar-refractivity contribution in [3.63, 3.8) is 0 Å². The quantitative estimate of drug-likeness (QED) is 0.673. The molecule has 2 aromatic carbocycles. The lowest BCUT2D eigenvalue weighted by Gasteiger charge is -2.06. The molecule has 3 rings (SSSR count). The van der Waals surface area contributed by atoms with Crippen LogP contribution in [0.5, 0.6) is 0 Å². The van der Waals surface area contributed by atoms with E-state index in [1.807, 2.05) is 0 Å². The summed E-state index contributed by atoms with van der Waals surface area (Å²) in [6.45, 7) is 1.63. The summed E-state index contributed by atoms with van der Waals surface area (Å²) in [6, 6.07) is 9.95. The van der Waals surface area contributed by atoms with Gasteiger partial charge in [-0.3, -0.25) is 0 Å². The lowest BCUT2D eigenvalue weighted by Crippen LogP contribution is -2.03. The highest BCUT2D eigenvalue weighted by Gasteiger charge is 2.23. The number of benzene rings is 2. The largest absolute Gasteiger partial charge is 0.465 e. The molecule has 0 fully saturated rings. The highest BCUT2D eigenvalue weighted by molar-refractivity contribution is 6.03. The van der Waals surface area contributed by atoms with Gasteiger partial charge in [-0.25, -0.2) is 9.18 Å². The molecule has 0 N–H and O–H groups in total. The maximum atomic E-state index is 13.9. The number of aryl methyl sites for hydroxylation is 1. The molecule has 0 bridgehead atoms. The van der Waals surface area contributed by atoms with Crippen molar-refractivity contribution >= 4 is 16.7 Å².